The average Bonchev–Trinajstić information content (AvgIpc) is 2.34. The summed E-state index contributed by atoms with van der Waals surface area (Å²) < 4.78 is 0. The molecule has 0 heterocycles. The molecule has 0 aromatic heterocycles. The minimum Gasteiger partial charge on any atom is -0.481 e. The van der Waals surface area contributed by atoms with Crippen molar-refractivity contribution in [1.29, 1.82) is 0 Å². The highest BCUT2D eigenvalue weighted by Crippen LogP contribution is 2.31. The number of hydrogen-bond donors (Lipinski definition) is 1. The van der Waals surface area contributed by atoms with E-state index in [2.05, 4.69) is 33.8 Å². The van der Waals surface area contributed by atoms with Gasteiger partial charge < -0.3 is 10.0 Å². The van der Waals surface area contributed by atoms with E-state index in [1.54, 1.807) is 0 Å². The summed E-state index contributed by atoms with van der Waals surface area (Å²) in [6, 6.07) is 2.19. The van der Waals surface area contributed by atoms with E-state index in [9.17, 15) is 4.79 Å². The molecule has 4 heteroatoms. The van der Waals surface area contributed by atoms with Crippen molar-refractivity contribution in [3.8, 4) is 0 Å². The Morgan fingerprint density at radius 2 is 1.75 bits per heavy atom. The predicted molar refractivity (Wildman–Crippen MR) is 83.7 cm³/mol. The van der Waals surface area contributed by atoms with Crippen molar-refractivity contribution < 1.29 is 9.90 Å². The molecule has 0 saturated heterocycles. The summed E-state index contributed by atoms with van der Waals surface area (Å²) in [5.41, 5.74) is 6.16. The fourth-order valence-electron chi connectivity index (χ4n) is 2.46. The van der Waals surface area contributed by atoms with Crippen LogP contribution in [0.25, 0.3) is 0 Å². The number of carboxylic acids is 1. The maximum atomic E-state index is 10.6. The van der Waals surface area contributed by atoms with Crippen LogP contribution < -0.4 is 0 Å². The van der Waals surface area contributed by atoms with Crippen molar-refractivity contribution in [1.82, 2.24) is 4.90 Å². The summed E-state index contributed by atoms with van der Waals surface area (Å²) in [5, 5.41) is 8.60. The van der Waals surface area contributed by atoms with E-state index in [1.807, 2.05) is 11.9 Å². The number of likely N-dealkylation sites (N-methyl/N-ethyl adjacent to an activating group) is 1. The van der Waals surface area contributed by atoms with Crippen LogP contribution >= 0.6 is 11.6 Å². The predicted octanol–water partition coefficient (Wildman–Crippen LogP) is 3.61. The maximum absolute atomic E-state index is 10.6. The van der Waals surface area contributed by atoms with Crippen LogP contribution in [0, 0.1) is 27.7 Å². The smallest absolute Gasteiger partial charge is 0.304 e. The third-order valence-electron chi connectivity index (χ3n) is 3.92. The molecule has 1 aromatic rings. The van der Waals surface area contributed by atoms with Gasteiger partial charge in [0.1, 0.15) is 0 Å². The van der Waals surface area contributed by atoms with Crippen LogP contribution in [0.5, 0.6) is 0 Å². The molecule has 0 saturated carbocycles. The first-order chi connectivity index (χ1) is 9.23. The van der Waals surface area contributed by atoms with Crippen LogP contribution in [0.2, 0.25) is 0 Å². The maximum Gasteiger partial charge on any atom is 0.304 e. The molecule has 0 bridgehead atoms. The van der Waals surface area contributed by atoms with Gasteiger partial charge in [-0.1, -0.05) is 6.07 Å². The third kappa shape index (κ3) is 4.22. The number of carbonyl (C=O) groups is 1. The molecule has 0 spiro atoms. The number of nitrogens with zero attached hydrogens (tertiary/aromatic N) is 1. The van der Waals surface area contributed by atoms with Gasteiger partial charge in [-0.3, -0.25) is 4.79 Å². The summed E-state index contributed by atoms with van der Waals surface area (Å²) >= 11 is 6.58. The molecule has 112 valence electrons. The minimum absolute atomic E-state index is 0.118. The Morgan fingerprint density at radius 1 is 1.25 bits per heavy atom. The van der Waals surface area contributed by atoms with Gasteiger partial charge >= 0.3 is 5.97 Å². The number of rotatable bonds is 6. The van der Waals surface area contributed by atoms with Crippen molar-refractivity contribution in [3.63, 3.8) is 0 Å². The van der Waals surface area contributed by atoms with Crippen molar-refractivity contribution in [2.45, 2.75) is 39.5 Å². The SMILES string of the molecule is Cc1cc(C)c(C)c(C(Cl)CN(C)CCC(=O)O)c1C. The van der Waals surface area contributed by atoms with Gasteiger partial charge in [-0.25, -0.2) is 0 Å². The topological polar surface area (TPSA) is 40.5 Å². The summed E-state index contributed by atoms with van der Waals surface area (Å²) in [5.74, 6) is -0.776. The molecule has 1 N–H and O–H groups in total. The number of hydrogen-bond acceptors (Lipinski definition) is 2. The van der Waals surface area contributed by atoms with Crippen molar-refractivity contribution in [2.24, 2.45) is 0 Å². The molecular formula is C16H24ClNO2. The Balaban J connectivity index is 2.87. The highest BCUT2D eigenvalue weighted by atomic mass is 35.5. The molecule has 3 nitrogen and oxygen atoms in total. The summed E-state index contributed by atoms with van der Waals surface area (Å²) in [6.45, 7) is 9.57. The second-order valence-electron chi connectivity index (χ2n) is 5.55. The molecule has 1 aromatic carbocycles. The Labute approximate surface area is 126 Å². The van der Waals surface area contributed by atoms with Crippen LogP contribution in [0.4, 0.5) is 0 Å². The molecule has 1 unspecified atom stereocenters. The first-order valence-electron chi connectivity index (χ1n) is 6.85. The molecular weight excluding hydrogens is 274 g/mol. The highest BCUT2D eigenvalue weighted by molar-refractivity contribution is 6.21. The summed E-state index contributed by atoms with van der Waals surface area (Å²) in [4.78, 5) is 12.6. The number of aryl methyl sites for hydroxylation is 2. The zero-order valence-corrected chi connectivity index (χ0v) is 13.7. The molecule has 0 aliphatic carbocycles. The number of aliphatic carboxylic acids is 1. The lowest BCUT2D eigenvalue weighted by atomic mass is 9.92. The second kappa shape index (κ2) is 7.09. The van der Waals surface area contributed by atoms with Gasteiger partial charge in [0.25, 0.3) is 0 Å². The first kappa shape index (κ1) is 17.0. The largest absolute Gasteiger partial charge is 0.481 e. The molecule has 1 atom stereocenters. The van der Waals surface area contributed by atoms with Crippen LogP contribution in [0.15, 0.2) is 6.07 Å². The number of alkyl halides is 1. The fraction of sp³-hybridized carbons (Fsp3) is 0.562. The third-order valence-corrected chi connectivity index (χ3v) is 4.27. The monoisotopic (exact) mass is 297 g/mol. The standard InChI is InChI=1S/C16H24ClNO2/c1-10-8-11(2)13(4)16(12(10)3)14(17)9-18(5)7-6-15(19)20/h8,14H,6-7,9H2,1-5H3,(H,19,20). The summed E-state index contributed by atoms with van der Waals surface area (Å²) in [7, 11) is 1.91. The quantitative estimate of drug-likeness (QED) is 0.816. The van der Waals surface area contributed by atoms with Crippen LogP contribution in [0.3, 0.4) is 0 Å². The average molecular weight is 298 g/mol. The molecule has 0 amide bonds. The molecule has 0 aliphatic rings. The van der Waals surface area contributed by atoms with Crippen molar-refractivity contribution in [3.05, 3.63) is 33.9 Å². The molecule has 0 fully saturated rings. The second-order valence-corrected chi connectivity index (χ2v) is 6.07. The minimum atomic E-state index is -0.776. The van der Waals surface area contributed by atoms with E-state index in [1.165, 1.54) is 27.8 Å². The van der Waals surface area contributed by atoms with Gasteiger partial charge in [0.05, 0.1) is 11.8 Å². The lowest BCUT2D eigenvalue weighted by molar-refractivity contribution is -0.137. The number of halogens is 1. The van der Waals surface area contributed by atoms with Crippen LogP contribution in [-0.4, -0.2) is 36.1 Å². The van der Waals surface area contributed by atoms with E-state index >= 15 is 0 Å². The Morgan fingerprint density at radius 3 is 2.20 bits per heavy atom. The van der Waals surface area contributed by atoms with Gasteiger partial charge in [-0.2, -0.15) is 0 Å². The van der Waals surface area contributed by atoms with Crippen LogP contribution in [-0.2, 0) is 4.79 Å². The lowest BCUT2D eigenvalue weighted by Gasteiger charge is -2.24. The molecule has 0 aliphatic heterocycles. The van der Waals surface area contributed by atoms with E-state index < -0.39 is 5.97 Å². The van der Waals surface area contributed by atoms with Crippen molar-refractivity contribution >= 4 is 17.6 Å². The first-order valence-corrected chi connectivity index (χ1v) is 7.29. The van der Waals surface area contributed by atoms with E-state index in [4.69, 9.17) is 16.7 Å². The van der Waals surface area contributed by atoms with E-state index in [-0.39, 0.29) is 11.8 Å². The van der Waals surface area contributed by atoms with Crippen LogP contribution in [0.1, 0.15) is 39.6 Å². The normalized spacial score (nSPS) is 12.8. The van der Waals surface area contributed by atoms with Gasteiger partial charge in [0, 0.05) is 13.1 Å². The molecule has 0 radical (unpaired) electrons. The molecule has 20 heavy (non-hydrogen) atoms. The van der Waals surface area contributed by atoms with Gasteiger partial charge in [-0.05, 0) is 62.6 Å². The number of carboxylic acid groups (broad SMARTS) is 1. The Hall–Kier alpha value is -1.06. The van der Waals surface area contributed by atoms with E-state index in [0.717, 1.165) is 0 Å². The lowest BCUT2D eigenvalue weighted by Crippen LogP contribution is -2.26. The van der Waals surface area contributed by atoms with Gasteiger partial charge in [0.15, 0.2) is 0 Å². The van der Waals surface area contributed by atoms with E-state index in [0.29, 0.717) is 13.1 Å². The zero-order valence-electron chi connectivity index (χ0n) is 13.0. The Bertz CT molecular complexity index is 473. The Kier molecular flexibility index (Phi) is 6.03. The van der Waals surface area contributed by atoms with Gasteiger partial charge in [-0.15, -0.1) is 11.6 Å². The number of benzene rings is 1. The van der Waals surface area contributed by atoms with Crippen molar-refractivity contribution in [2.75, 3.05) is 20.1 Å². The zero-order chi connectivity index (χ0) is 15.4. The van der Waals surface area contributed by atoms with Gasteiger partial charge in [0.2, 0.25) is 0 Å². The highest BCUT2D eigenvalue weighted by Gasteiger charge is 2.18. The summed E-state index contributed by atoms with van der Waals surface area (Å²) in [6.07, 6.45) is 0.144. The molecule has 1 rings (SSSR count). The fourth-order valence-corrected chi connectivity index (χ4v) is 3.02.